The van der Waals surface area contributed by atoms with Gasteiger partial charge in [0.05, 0.1) is 15.7 Å². The summed E-state index contributed by atoms with van der Waals surface area (Å²) in [7, 11) is 0. The van der Waals surface area contributed by atoms with Crippen LogP contribution in [0, 0.1) is 0 Å². The monoisotopic (exact) mass is 254 g/mol. The first kappa shape index (κ1) is 11.7. The van der Waals surface area contributed by atoms with Gasteiger partial charge in [0.25, 0.3) is 0 Å². The minimum atomic E-state index is -0.755. The molecule has 1 aromatic rings. The highest BCUT2D eigenvalue weighted by Gasteiger charge is 2.18. The zero-order chi connectivity index (χ0) is 11.8. The minimum Gasteiger partial charge on any atom is -0.310 e. The molecule has 0 amide bonds. The van der Waals surface area contributed by atoms with E-state index in [1.165, 1.54) is 0 Å². The zero-order valence-electron chi connectivity index (χ0n) is 8.58. The average molecular weight is 255 g/mol. The molecule has 0 spiro atoms. The summed E-state index contributed by atoms with van der Waals surface area (Å²) in [5.74, 6) is 0. The van der Waals surface area contributed by atoms with Crippen LogP contribution in [-0.2, 0) is 0 Å². The number of benzene rings is 1. The van der Waals surface area contributed by atoms with E-state index in [-0.39, 0.29) is 0 Å². The van der Waals surface area contributed by atoms with E-state index in [1.54, 1.807) is 12.1 Å². The predicted octanol–water partition coefficient (Wildman–Crippen LogP) is 2.95. The van der Waals surface area contributed by atoms with E-state index in [4.69, 9.17) is 34.7 Å². The summed E-state index contributed by atoms with van der Waals surface area (Å²) in [6.07, 6.45) is 6.21. The maximum Gasteiger partial charge on any atom is 0.0867 e. The van der Waals surface area contributed by atoms with Gasteiger partial charge in [0, 0.05) is 12.0 Å². The second kappa shape index (κ2) is 4.22. The molecule has 84 valence electrons. The summed E-state index contributed by atoms with van der Waals surface area (Å²) in [6, 6.07) is 5.55. The average Bonchev–Trinajstić information content (AvgIpc) is 2.23. The van der Waals surface area contributed by atoms with Crippen LogP contribution in [-0.4, -0.2) is 5.66 Å². The van der Waals surface area contributed by atoms with Gasteiger partial charge in [-0.1, -0.05) is 47.5 Å². The highest BCUT2D eigenvalue weighted by molar-refractivity contribution is 6.43. The molecule has 1 aliphatic rings. The lowest BCUT2D eigenvalue weighted by atomic mass is 9.94. The predicted molar refractivity (Wildman–Crippen MR) is 69.3 cm³/mol. The molecule has 2 rings (SSSR count). The Morgan fingerprint density at radius 2 is 1.94 bits per heavy atom. The number of nitrogens with two attached hydrogens (primary N) is 2. The fourth-order valence-electron chi connectivity index (χ4n) is 1.59. The summed E-state index contributed by atoms with van der Waals surface area (Å²) in [6.45, 7) is 0. The van der Waals surface area contributed by atoms with E-state index in [2.05, 4.69) is 0 Å². The van der Waals surface area contributed by atoms with Crippen molar-refractivity contribution in [3.05, 3.63) is 52.0 Å². The van der Waals surface area contributed by atoms with Crippen LogP contribution in [0.1, 0.15) is 12.0 Å². The lowest BCUT2D eigenvalue weighted by Gasteiger charge is -2.23. The molecule has 0 bridgehead atoms. The Morgan fingerprint density at radius 1 is 1.19 bits per heavy atom. The molecule has 0 radical (unpaired) electrons. The van der Waals surface area contributed by atoms with Gasteiger partial charge in [0.1, 0.15) is 0 Å². The van der Waals surface area contributed by atoms with Gasteiger partial charge in [-0.05, 0) is 17.7 Å². The first-order valence-corrected chi connectivity index (χ1v) is 5.67. The van der Waals surface area contributed by atoms with Crippen molar-refractivity contribution in [1.82, 2.24) is 0 Å². The Bertz CT molecular complexity index is 476. The number of allylic oxidation sites excluding steroid dienone is 2. The van der Waals surface area contributed by atoms with Crippen molar-refractivity contribution in [2.75, 3.05) is 0 Å². The van der Waals surface area contributed by atoms with Gasteiger partial charge >= 0.3 is 0 Å². The van der Waals surface area contributed by atoms with E-state index in [0.29, 0.717) is 16.5 Å². The third-order valence-corrected chi connectivity index (χ3v) is 3.33. The van der Waals surface area contributed by atoms with Crippen molar-refractivity contribution in [2.24, 2.45) is 11.5 Å². The van der Waals surface area contributed by atoms with Gasteiger partial charge in [-0.3, -0.25) is 0 Å². The number of halogens is 2. The largest absolute Gasteiger partial charge is 0.310 e. The van der Waals surface area contributed by atoms with Crippen molar-refractivity contribution in [3.8, 4) is 0 Å². The summed E-state index contributed by atoms with van der Waals surface area (Å²) >= 11 is 12.1. The van der Waals surface area contributed by atoms with Gasteiger partial charge < -0.3 is 11.5 Å². The van der Waals surface area contributed by atoms with Gasteiger partial charge in [-0.15, -0.1) is 0 Å². The lowest BCUT2D eigenvalue weighted by molar-refractivity contribution is 0.559. The molecule has 0 aliphatic heterocycles. The lowest BCUT2D eigenvalue weighted by Crippen LogP contribution is -2.47. The van der Waals surface area contributed by atoms with Crippen LogP contribution in [0.3, 0.4) is 0 Å². The van der Waals surface area contributed by atoms with Crippen LogP contribution >= 0.6 is 23.2 Å². The fourth-order valence-corrected chi connectivity index (χ4v) is 2.00. The van der Waals surface area contributed by atoms with E-state index in [0.717, 1.165) is 11.1 Å². The van der Waals surface area contributed by atoms with E-state index >= 15 is 0 Å². The first-order valence-electron chi connectivity index (χ1n) is 4.91. The fraction of sp³-hybridized carbons (Fsp3) is 0.167. The Hall–Kier alpha value is -0.800. The van der Waals surface area contributed by atoms with Gasteiger partial charge in [0.15, 0.2) is 0 Å². The van der Waals surface area contributed by atoms with Crippen LogP contribution in [0.15, 0.2) is 36.4 Å². The maximum atomic E-state index is 6.13. The van der Waals surface area contributed by atoms with Gasteiger partial charge in [-0.2, -0.15) is 0 Å². The Kier molecular flexibility index (Phi) is 3.08. The van der Waals surface area contributed by atoms with Crippen molar-refractivity contribution >= 4 is 28.8 Å². The highest BCUT2D eigenvalue weighted by atomic mass is 35.5. The van der Waals surface area contributed by atoms with E-state index in [9.17, 15) is 0 Å². The van der Waals surface area contributed by atoms with Gasteiger partial charge in [-0.25, -0.2) is 0 Å². The molecule has 0 heterocycles. The molecule has 0 saturated carbocycles. The second-order valence-corrected chi connectivity index (χ2v) is 4.70. The zero-order valence-corrected chi connectivity index (χ0v) is 10.1. The van der Waals surface area contributed by atoms with E-state index in [1.807, 2.05) is 24.3 Å². The minimum absolute atomic E-state index is 0.547. The third-order valence-electron chi connectivity index (χ3n) is 2.51. The highest BCUT2D eigenvalue weighted by Crippen LogP contribution is 2.33. The smallest absolute Gasteiger partial charge is 0.0867 e. The maximum absolute atomic E-state index is 6.13. The normalized spacial score (nSPS) is 18.4. The number of hydrogen-bond acceptors (Lipinski definition) is 2. The molecule has 4 N–H and O–H groups in total. The quantitative estimate of drug-likeness (QED) is 0.758. The molecular formula is C12H12Cl2N2. The standard InChI is InChI=1S/C12H12Cl2N2/c13-10-3-1-2-9(11(10)14)8-4-6-12(15,16)7-5-8/h1-6H,7,15-16H2. The van der Waals surface area contributed by atoms with Crippen LogP contribution in [0.4, 0.5) is 0 Å². The van der Waals surface area contributed by atoms with Crippen LogP contribution in [0.5, 0.6) is 0 Å². The first-order chi connectivity index (χ1) is 7.49. The molecule has 0 saturated heterocycles. The van der Waals surface area contributed by atoms with Crippen molar-refractivity contribution in [1.29, 1.82) is 0 Å². The molecule has 0 atom stereocenters. The SMILES string of the molecule is NC1(N)C=CC(c2cccc(Cl)c2Cl)=CC1. The van der Waals surface area contributed by atoms with E-state index < -0.39 is 5.66 Å². The molecule has 16 heavy (non-hydrogen) atoms. The summed E-state index contributed by atoms with van der Waals surface area (Å²) < 4.78 is 0. The van der Waals surface area contributed by atoms with Crippen molar-refractivity contribution in [3.63, 3.8) is 0 Å². The van der Waals surface area contributed by atoms with Gasteiger partial charge in [0.2, 0.25) is 0 Å². The second-order valence-electron chi connectivity index (χ2n) is 3.91. The molecule has 4 heteroatoms. The van der Waals surface area contributed by atoms with Crippen molar-refractivity contribution in [2.45, 2.75) is 12.1 Å². The third kappa shape index (κ3) is 2.30. The van der Waals surface area contributed by atoms with Crippen LogP contribution < -0.4 is 11.5 Å². The number of rotatable bonds is 1. The molecule has 1 aliphatic carbocycles. The molecule has 1 aromatic carbocycles. The Balaban J connectivity index is 2.38. The molecular weight excluding hydrogens is 243 g/mol. The Morgan fingerprint density at radius 3 is 2.56 bits per heavy atom. The molecule has 2 nitrogen and oxygen atoms in total. The van der Waals surface area contributed by atoms with Crippen LogP contribution in [0.2, 0.25) is 10.0 Å². The molecule has 0 unspecified atom stereocenters. The summed E-state index contributed by atoms with van der Waals surface area (Å²) in [4.78, 5) is 0. The molecule has 0 fully saturated rings. The molecule has 0 aromatic heterocycles. The summed E-state index contributed by atoms with van der Waals surface area (Å²) in [5, 5.41) is 1.10. The van der Waals surface area contributed by atoms with Crippen molar-refractivity contribution < 1.29 is 0 Å². The van der Waals surface area contributed by atoms with Crippen LogP contribution in [0.25, 0.3) is 5.57 Å². The number of hydrogen-bond donors (Lipinski definition) is 2. The Labute approximate surface area is 105 Å². The topological polar surface area (TPSA) is 52.0 Å². The summed E-state index contributed by atoms with van der Waals surface area (Å²) in [5.41, 5.74) is 12.7.